The molecule has 0 amide bonds. The first-order valence-electron chi connectivity index (χ1n) is 9.17. The number of aromatic carboxylic acids is 1. The Kier molecular flexibility index (Phi) is 4.65. The Balaban J connectivity index is 1.72. The van der Waals surface area contributed by atoms with Crippen LogP contribution in [-0.2, 0) is 0 Å². The molecule has 0 spiro atoms. The Labute approximate surface area is 184 Å². The van der Waals surface area contributed by atoms with E-state index in [0.29, 0.717) is 33.3 Å². The molecule has 7 nitrogen and oxygen atoms in total. The summed E-state index contributed by atoms with van der Waals surface area (Å²) in [5.41, 5.74) is 1.62. The fraction of sp³-hybridized carbons (Fsp3) is 0. The first kappa shape index (κ1) is 19.2. The van der Waals surface area contributed by atoms with Crippen LogP contribution in [-0.4, -0.2) is 30.0 Å². The van der Waals surface area contributed by atoms with Gasteiger partial charge >= 0.3 is 5.97 Å². The Hall–Kier alpha value is -3.75. The van der Waals surface area contributed by atoms with Gasteiger partial charge in [0.2, 0.25) is 0 Å². The number of hydrogen-bond acceptors (Lipinski definition) is 5. The highest BCUT2D eigenvalue weighted by molar-refractivity contribution is 7.15. The highest BCUT2D eigenvalue weighted by atomic mass is 35.5. The largest absolute Gasteiger partial charge is 0.478 e. The second-order valence-corrected chi connectivity index (χ2v) is 7.89. The Bertz CT molecular complexity index is 1550. The van der Waals surface area contributed by atoms with Gasteiger partial charge in [0.05, 0.1) is 27.8 Å². The second kappa shape index (κ2) is 7.50. The average Bonchev–Trinajstić information content (AvgIpc) is 3.33. The van der Waals surface area contributed by atoms with Crippen LogP contribution in [0.5, 0.6) is 0 Å². The van der Waals surface area contributed by atoms with E-state index in [1.807, 2.05) is 22.0 Å². The van der Waals surface area contributed by atoms with E-state index in [1.165, 1.54) is 28.0 Å². The molecule has 5 rings (SSSR count). The molecule has 0 aliphatic carbocycles. The van der Waals surface area contributed by atoms with Gasteiger partial charge in [-0.2, -0.15) is 0 Å². The molecule has 0 radical (unpaired) electrons. The number of aromatic nitrogens is 4. The van der Waals surface area contributed by atoms with Crippen molar-refractivity contribution in [2.45, 2.75) is 0 Å². The zero-order valence-corrected chi connectivity index (χ0v) is 17.3. The van der Waals surface area contributed by atoms with E-state index in [9.17, 15) is 9.59 Å². The van der Waals surface area contributed by atoms with Crippen LogP contribution in [0.1, 0.15) is 21.9 Å². The molecule has 3 aromatic heterocycles. The average molecular weight is 449 g/mol. The zero-order chi connectivity index (χ0) is 21.5. The first-order chi connectivity index (χ1) is 15.0. The summed E-state index contributed by atoms with van der Waals surface area (Å²) >= 11 is 7.75. The molecule has 152 valence electrons. The van der Waals surface area contributed by atoms with Crippen molar-refractivity contribution in [3.63, 3.8) is 0 Å². The lowest BCUT2D eigenvalue weighted by atomic mass is 10.2. The summed E-state index contributed by atoms with van der Waals surface area (Å²) < 4.78 is 3.30. The van der Waals surface area contributed by atoms with Gasteiger partial charge in [0.25, 0.3) is 5.56 Å². The number of halogens is 1. The van der Waals surface area contributed by atoms with Gasteiger partial charge in [0.1, 0.15) is 5.82 Å². The quantitative estimate of drug-likeness (QED) is 0.433. The third-order valence-electron chi connectivity index (χ3n) is 4.82. The molecule has 9 heteroatoms. The Morgan fingerprint density at radius 3 is 2.61 bits per heavy atom. The van der Waals surface area contributed by atoms with E-state index in [0.717, 1.165) is 4.96 Å². The summed E-state index contributed by atoms with van der Waals surface area (Å²) in [5, 5.41) is 11.9. The second-order valence-electron chi connectivity index (χ2n) is 6.66. The highest BCUT2D eigenvalue weighted by Crippen LogP contribution is 2.23. The van der Waals surface area contributed by atoms with Crippen LogP contribution in [0.4, 0.5) is 0 Å². The number of nitrogens with zero attached hydrogens (tertiary/aromatic N) is 4. The van der Waals surface area contributed by atoms with Crippen molar-refractivity contribution in [2.75, 3.05) is 0 Å². The molecule has 0 unspecified atom stereocenters. The summed E-state index contributed by atoms with van der Waals surface area (Å²) in [6, 6.07) is 13.2. The molecule has 2 aromatic carbocycles. The summed E-state index contributed by atoms with van der Waals surface area (Å²) in [5.74, 6) is -0.654. The number of thiazole rings is 1. The van der Waals surface area contributed by atoms with Gasteiger partial charge in [-0.1, -0.05) is 23.7 Å². The monoisotopic (exact) mass is 448 g/mol. The van der Waals surface area contributed by atoms with Crippen molar-refractivity contribution in [2.24, 2.45) is 0 Å². The normalized spacial score (nSPS) is 11.6. The molecule has 0 aliphatic rings. The summed E-state index contributed by atoms with van der Waals surface area (Å²) in [7, 11) is 0. The van der Waals surface area contributed by atoms with E-state index < -0.39 is 5.97 Å². The minimum Gasteiger partial charge on any atom is -0.478 e. The lowest BCUT2D eigenvalue weighted by molar-refractivity contribution is 0.0697. The highest BCUT2D eigenvalue weighted by Gasteiger charge is 2.13. The van der Waals surface area contributed by atoms with Crippen LogP contribution in [0.25, 0.3) is 33.7 Å². The Morgan fingerprint density at radius 2 is 1.84 bits per heavy atom. The number of rotatable bonds is 4. The van der Waals surface area contributed by atoms with Crippen molar-refractivity contribution >= 4 is 56.9 Å². The zero-order valence-electron chi connectivity index (χ0n) is 15.8. The molecule has 0 atom stereocenters. The molecule has 0 saturated carbocycles. The van der Waals surface area contributed by atoms with Crippen LogP contribution in [0.2, 0.25) is 5.15 Å². The summed E-state index contributed by atoms with van der Waals surface area (Å²) in [6.07, 6.45) is 5.32. The van der Waals surface area contributed by atoms with Crippen LogP contribution < -0.4 is 5.56 Å². The standard InChI is InChI=1S/C22H13ClN4O3S/c23-19-17(26-11-12-31-22(26)25-19)9-10-18-24-16-4-2-1-3-15(16)20(28)27(18)14-7-5-13(6-8-14)21(29)30/h1-12H,(H,29,30). The summed E-state index contributed by atoms with van der Waals surface area (Å²) in [4.78, 5) is 34.2. The van der Waals surface area contributed by atoms with Crippen LogP contribution in [0.3, 0.4) is 0 Å². The number of carbonyl (C=O) groups is 1. The smallest absolute Gasteiger partial charge is 0.335 e. The number of benzene rings is 2. The number of carboxylic acid groups (broad SMARTS) is 1. The molecule has 0 fully saturated rings. The van der Waals surface area contributed by atoms with Crippen molar-refractivity contribution in [1.29, 1.82) is 0 Å². The fourth-order valence-corrected chi connectivity index (χ4v) is 4.35. The maximum atomic E-state index is 13.3. The van der Waals surface area contributed by atoms with Crippen molar-refractivity contribution in [1.82, 2.24) is 18.9 Å². The first-order valence-corrected chi connectivity index (χ1v) is 10.4. The molecule has 31 heavy (non-hydrogen) atoms. The molecule has 1 N–H and O–H groups in total. The van der Waals surface area contributed by atoms with E-state index in [1.54, 1.807) is 42.5 Å². The van der Waals surface area contributed by atoms with Crippen molar-refractivity contribution in [3.05, 3.63) is 92.7 Å². The molecule has 3 heterocycles. The van der Waals surface area contributed by atoms with Crippen LogP contribution in [0.15, 0.2) is 64.9 Å². The molecule has 0 bridgehead atoms. The SMILES string of the molecule is O=C(O)c1ccc(-n2c(C=Cc3c(Cl)nc4sccn34)nc3ccccc3c2=O)cc1. The van der Waals surface area contributed by atoms with Crippen LogP contribution >= 0.6 is 22.9 Å². The molecular formula is C22H13ClN4O3S. The lowest BCUT2D eigenvalue weighted by Gasteiger charge is -2.11. The fourth-order valence-electron chi connectivity index (χ4n) is 3.34. The predicted octanol–water partition coefficient (Wildman–Crippen LogP) is 4.62. The van der Waals surface area contributed by atoms with Crippen molar-refractivity contribution < 1.29 is 9.90 Å². The van der Waals surface area contributed by atoms with Gasteiger partial charge < -0.3 is 5.11 Å². The van der Waals surface area contributed by atoms with Gasteiger partial charge in [-0.05, 0) is 48.6 Å². The minimum absolute atomic E-state index is 0.133. The maximum absolute atomic E-state index is 13.3. The van der Waals surface area contributed by atoms with E-state index in [4.69, 9.17) is 16.7 Å². The van der Waals surface area contributed by atoms with Crippen LogP contribution in [0, 0.1) is 0 Å². The molecule has 0 saturated heterocycles. The molecule has 0 aliphatic heterocycles. The van der Waals surface area contributed by atoms with Gasteiger partial charge in [-0.25, -0.2) is 14.8 Å². The summed E-state index contributed by atoms with van der Waals surface area (Å²) in [6.45, 7) is 0. The Morgan fingerprint density at radius 1 is 1.06 bits per heavy atom. The number of hydrogen-bond donors (Lipinski definition) is 1. The predicted molar refractivity (Wildman–Crippen MR) is 121 cm³/mol. The van der Waals surface area contributed by atoms with Crippen molar-refractivity contribution in [3.8, 4) is 5.69 Å². The van der Waals surface area contributed by atoms with E-state index >= 15 is 0 Å². The number of carboxylic acids is 1. The minimum atomic E-state index is -1.04. The van der Waals surface area contributed by atoms with E-state index in [-0.39, 0.29) is 11.1 Å². The maximum Gasteiger partial charge on any atom is 0.335 e. The molecule has 5 aromatic rings. The van der Waals surface area contributed by atoms with Gasteiger partial charge in [-0.3, -0.25) is 13.8 Å². The van der Waals surface area contributed by atoms with Gasteiger partial charge in [0.15, 0.2) is 10.1 Å². The number of para-hydroxylation sites is 1. The number of fused-ring (bicyclic) bond motifs is 2. The third kappa shape index (κ3) is 3.31. The van der Waals surface area contributed by atoms with Gasteiger partial charge in [-0.15, -0.1) is 11.3 Å². The third-order valence-corrected chi connectivity index (χ3v) is 5.85. The lowest BCUT2D eigenvalue weighted by Crippen LogP contribution is -2.22. The molecular weight excluding hydrogens is 436 g/mol. The number of imidazole rings is 1. The van der Waals surface area contributed by atoms with Gasteiger partial charge in [0, 0.05) is 11.6 Å². The topological polar surface area (TPSA) is 89.5 Å². The van der Waals surface area contributed by atoms with E-state index in [2.05, 4.69) is 9.97 Å².